The minimum Gasteiger partial charge on any atom is -0.790 e. The fourth-order valence-corrected chi connectivity index (χ4v) is 5.13. The van der Waals surface area contributed by atoms with E-state index in [9.17, 15) is 48.3 Å². The van der Waals surface area contributed by atoms with Crippen molar-refractivity contribution < 1.29 is 61.4 Å². The second-order valence-electron chi connectivity index (χ2n) is 5.71. The molecule has 0 saturated carbocycles. The summed E-state index contributed by atoms with van der Waals surface area (Å²) in [5.74, 6) is -0.814. The van der Waals surface area contributed by atoms with Crippen LogP contribution in [0.15, 0.2) is 9.98 Å². The van der Waals surface area contributed by atoms with Gasteiger partial charge in [0.25, 0.3) is 21.6 Å². The van der Waals surface area contributed by atoms with E-state index in [1.165, 1.54) is 0 Å². The van der Waals surface area contributed by atoms with E-state index in [0.717, 1.165) is 0 Å². The Kier molecular flexibility index (Phi) is 7.70. The van der Waals surface area contributed by atoms with Crippen LogP contribution in [0.5, 0.6) is 0 Å². The maximum absolute atomic E-state index is 11.9. The van der Waals surface area contributed by atoms with Crippen LogP contribution in [0.3, 0.4) is 0 Å². The number of hydrogen-bond donors (Lipinski definition) is 5. The number of fused-ring (bicyclic) bond motifs is 1. The topological polar surface area (TPSA) is 303 Å². The second kappa shape index (κ2) is 9.18. The molecule has 18 nitrogen and oxygen atoms in total. The van der Waals surface area contributed by atoms with E-state index < -0.39 is 60.4 Å². The van der Waals surface area contributed by atoms with Crippen molar-refractivity contribution >= 4 is 41.0 Å². The highest BCUT2D eigenvalue weighted by Gasteiger charge is 2.38. The lowest BCUT2D eigenvalue weighted by Crippen LogP contribution is -2.60. The summed E-state index contributed by atoms with van der Waals surface area (Å²) in [5, 5.41) is 24.8. The van der Waals surface area contributed by atoms with Gasteiger partial charge in [0, 0.05) is 6.54 Å². The van der Waals surface area contributed by atoms with E-state index in [4.69, 9.17) is 5.73 Å². The zero-order chi connectivity index (χ0) is 22.9. The van der Waals surface area contributed by atoms with Gasteiger partial charge in [-0.25, -0.2) is 9.30 Å². The quantitative estimate of drug-likeness (QED) is 0.187. The number of hydrogen-bond acceptors (Lipinski definition) is 17. The molecule has 0 aromatic rings. The molecule has 6 unspecified atom stereocenters. The lowest BCUT2D eigenvalue weighted by Gasteiger charge is -2.37. The predicted molar refractivity (Wildman–Crippen MR) is 85.7 cm³/mol. The monoisotopic (exact) mass is 493 g/mol. The molecule has 2 aliphatic rings. The fraction of sp³-hybridized carbons (Fsp3) is 0.667. The van der Waals surface area contributed by atoms with Gasteiger partial charge < -0.3 is 44.6 Å². The van der Waals surface area contributed by atoms with Gasteiger partial charge in [-0.2, -0.15) is 0 Å². The lowest BCUT2D eigenvalue weighted by molar-refractivity contribution is -0.339. The van der Waals surface area contributed by atoms with Gasteiger partial charge in [-0.15, -0.1) is 0 Å². The molecule has 0 radical (unpaired) electrons. The van der Waals surface area contributed by atoms with Crippen LogP contribution in [0.2, 0.25) is 0 Å². The first-order chi connectivity index (χ1) is 13.6. The Morgan fingerprint density at radius 2 is 1.77 bits per heavy atom. The standard InChI is InChI=1S/C9H18N5O13P3/c10-9-13-7-5(8(17)14-9)12-3(1-11-7)6(16)4(15)2-25-29(21,22)27-30(23,24)26-28(18,19)20/h4-7,11,15-16H,1-2H2,(H,21,22)(H,23,24)(H2,18,19,20)(H3,10,13,14,17)/p-4. The van der Waals surface area contributed by atoms with Crippen LogP contribution < -0.4 is 35.9 Å². The summed E-state index contributed by atoms with van der Waals surface area (Å²) in [7, 11) is -18.1. The van der Waals surface area contributed by atoms with Crippen molar-refractivity contribution in [2.75, 3.05) is 13.2 Å². The van der Waals surface area contributed by atoms with E-state index in [2.05, 4.69) is 33.8 Å². The third-order valence-electron chi connectivity index (χ3n) is 3.40. The summed E-state index contributed by atoms with van der Waals surface area (Å²) >= 11 is 0. The van der Waals surface area contributed by atoms with Gasteiger partial charge >= 0.3 is 0 Å². The third-order valence-corrected chi connectivity index (χ3v) is 7.07. The number of aliphatic hydroxyl groups excluding tert-OH is 2. The molecule has 0 bridgehead atoms. The summed E-state index contributed by atoms with van der Waals surface area (Å²) in [6.45, 7) is -1.47. The van der Waals surface area contributed by atoms with Gasteiger partial charge in [0.05, 0.1) is 20.1 Å². The number of aliphatic imine (C=N–C) groups is 2. The number of rotatable bonds is 9. The van der Waals surface area contributed by atoms with Crippen molar-refractivity contribution in [3.63, 3.8) is 0 Å². The number of amides is 1. The maximum atomic E-state index is 11.9. The number of carbonyl (C=O) groups is 1. The Balaban J connectivity index is 1.97. The number of nitrogens with two attached hydrogens (primary N) is 1. The number of nitrogens with one attached hydrogen (secondary N) is 2. The molecule has 30 heavy (non-hydrogen) atoms. The summed E-state index contributed by atoms with van der Waals surface area (Å²) < 4.78 is 43.0. The van der Waals surface area contributed by atoms with Gasteiger partial charge in [0.15, 0.2) is 12.0 Å². The molecular weight excluding hydrogens is 479 g/mol. The first-order valence-corrected chi connectivity index (χ1v) is 12.0. The number of guanidine groups is 1. The van der Waals surface area contributed by atoms with Crippen molar-refractivity contribution in [3.05, 3.63) is 0 Å². The summed E-state index contributed by atoms with van der Waals surface area (Å²) in [6, 6.07) is -1.14. The molecule has 1 amide bonds. The molecule has 2 heterocycles. The van der Waals surface area contributed by atoms with Crippen LogP contribution in [-0.2, 0) is 31.6 Å². The number of aliphatic hydroxyl groups is 2. The number of nitrogens with zero attached hydrogens (tertiary/aromatic N) is 2. The normalized spacial score (nSPS) is 28.1. The molecule has 0 spiro atoms. The molecule has 6 N–H and O–H groups in total. The van der Waals surface area contributed by atoms with Crippen LogP contribution in [-0.4, -0.2) is 65.4 Å². The number of phosphoric acid groups is 3. The molecule has 2 rings (SSSR count). The van der Waals surface area contributed by atoms with Crippen molar-refractivity contribution in [1.82, 2.24) is 10.6 Å². The predicted octanol–water partition coefficient (Wildman–Crippen LogP) is -6.29. The van der Waals surface area contributed by atoms with E-state index in [0.29, 0.717) is 0 Å². The zero-order valence-electron chi connectivity index (χ0n) is 14.4. The zero-order valence-corrected chi connectivity index (χ0v) is 17.1. The van der Waals surface area contributed by atoms with Crippen LogP contribution >= 0.6 is 23.5 Å². The minimum absolute atomic E-state index is 0.155. The average Bonchev–Trinajstić information content (AvgIpc) is 2.55. The Labute approximate surface area is 167 Å². The van der Waals surface area contributed by atoms with E-state index in [1.54, 1.807) is 0 Å². The van der Waals surface area contributed by atoms with Gasteiger partial charge in [0.2, 0.25) is 0 Å². The fourth-order valence-electron chi connectivity index (χ4n) is 2.26. The highest BCUT2D eigenvalue weighted by molar-refractivity contribution is 7.64. The van der Waals surface area contributed by atoms with Crippen LogP contribution in [0.4, 0.5) is 0 Å². The molecule has 0 fully saturated rings. The van der Waals surface area contributed by atoms with Crippen LogP contribution in [0, 0.1) is 0 Å². The first kappa shape index (κ1) is 25.2. The van der Waals surface area contributed by atoms with Crippen molar-refractivity contribution in [1.29, 1.82) is 0 Å². The molecular formula is C9H14N5O13P3-4. The molecule has 0 aliphatic carbocycles. The van der Waals surface area contributed by atoms with Crippen LogP contribution in [0.1, 0.15) is 0 Å². The Hall–Kier alpha value is -1.10. The highest BCUT2D eigenvalue weighted by atomic mass is 31.3. The minimum atomic E-state index is -6.16. The Morgan fingerprint density at radius 1 is 1.13 bits per heavy atom. The van der Waals surface area contributed by atoms with Gasteiger partial charge in [0.1, 0.15) is 18.4 Å². The maximum Gasteiger partial charge on any atom is 0.278 e. The lowest BCUT2D eigenvalue weighted by atomic mass is 10.0. The van der Waals surface area contributed by atoms with Crippen molar-refractivity contribution in [3.8, 4) is 0 Å². The summed E-state index contributed by atoms with van der Waals surface area (Å²) in [4.78, 5) is 62.6. The second-order valence-corrected chi connectivity index (χ2v) is 9.96. The highest BCUT2D eigenvalue weighted by Crippen LogP contribution is 2.60. The molecule has 0 aromatic carbocycles. The molecule has 172 valence electrons. The largest absolute Gasteiger partial charge is 0.790 e. The number of phosphoric ester groups is 1. The SMILES string of the molecule is NC1=NC2NCC(C(O)C(O)COP(=O)([O-])OP(=O)([O-])OP(=O)([O-])[O-])=NC2C(=O)N1. The Morgan fingerprint density at radius 3 is 2.37 bits per heavy atom. The average molecular weight is 493 g/mol. The van der Waals surface area contributed by atoms with E-state index in [-0.39, 0.29) is 18.2 Å². The Bertz CT molecular complexity index is 887. The van der Waals surface area contributed by atoms with Gasteiger partial charge in [-0.3, -0.25) is 33.9 Å². The van der Waals surface area contributed by atoms with E-state index in [1.807, 2.05) is 0 Å². The van der Waals surface area contributed by atoms with Crippen molar-refractivity contribution in [2.24, 2.45) is 15.7 Å². The summed E-state index contributed by atoms with van der Waals surface area (Å²) in [6.07, 6.45) is -4.74. The molecule has 0 saturated heterocycles. The smallest absolute Gasteiger partial charge is 0.278 e. The number of carbonyl (C=O) groups excluding carboxylic acids is 1. The third kappa shape index (κ3) is 7.25. The molecule has 21 heteroatoms. The van der Waals surface area contributed by atoms with Gasteiger partial charge in [-0.1, -0.05) is 0 Å². The molecule has 6 atom stereocenters. The molecule has 0 aromatic heterocycles. The van der Waals surface area contributed by atoms with Crippen molar-refractivity contribution in [2.45, 2.75) is 24.4 Å². The van der Waals surface area contributed by atoms with Gasteiger partial charge in [-0.05, 0) is 0 Å². The summed E-state index contributed by atoms with van der Waals surface area (Å²) in [5.41, 5.74) is 5.19. The first-order valence-electron chi connectivity index (χ1n) is 7.60. The van der Waals surface area contributed by atoms with Crippen LogP contribution in [0.25, 0.3) is 0 Å². The molecule has 2 aliphatic heterocycles. The van der Waals surface area contributed by atoms with E-state index >= 15 is 0 Å².